The topological polar surface area (TPSA) is 57.9 Å². The Kier molecular flexibility index (Phi) is 5.73. The predicted molar refractivity (Wildman–Crippen MR) is 74.1 cm³/mol. The number of ketones is 1. The van der Waals surface area contributed by atoms with Crippen LogP contribution in [-0.4, -0.2) is 45.9 Å². The maximum Gasteiger partial charge on any atom is 0.223 e. The third-order valence-corrected chi connectivity index (χ3v) is 2.74. The van der Waals surface area contributed by atoms with Crippen LogP contribution in [0, 0.1) is 0 Å². The van der Waals surface area contributed by atoms with E-state index >= 15 is 0 Å². The summed E-state index contributed by atoms with van der Waals surface area (Å²) in [5.41, 5.74) is 0.707. The Morgan fingerprint density at radius 1 is 1.10 bits per heavy atom. The van der Waals surface area contributed by atoms with E-state index in [0.717, 1.165) is 5.39 Å². The first kappa shape index (κ1) is 14.7. The SMILES string of the molecule is COCCOCCOCC(=O)c1cc2ccccc2o1. The summed E-state index contributed by atoms with van der Waals surface area (Å²) in [5, 5.41) is 0.916. The van der Waals surface area contributed by atoms with Gasteiger partial charge in [0.25, 0.3) is 0 Å². The van der Waals surface area contributed by atoms with Crippen LogP contribution in [0.3, 0.4) is 0 Å². The molecule has 0 aliphatic carbocycles. The molecule has 1 aromatic carbocycles. The minimum absolute atomic E-state index is 0.00649. The second kappa shape index (κ2) is 7.79. The molecule has 0 aliphatic rings. The average molecular weight is 278 g/mol. The van der Waals surface area contributed by atoms with Crippen molar-refractivity contribution in [2.45, 2.75) is 0 Å². The van der Waals surface area contributed by atoms with Gasteiger partial charge in [0.2, 0.25) is 5.78 Å². The van der Waals surface area contributed by atoms with Crippen LogP contribution in [0.25, 0.3) is 11.0 Å². The summed E-state index contributed by atoms with van der Waals surface area (Å²) in [5.74, 6) is 0.157. The van der Waals surface area contributed by atoms with Crippen molar-refractivity contribution in [1.29, 1.82) is 0 Å². The Labute approximate surface area is 117 Å². The van der Waals surface area contributed by atoms with Crippen molar-refractivity contribution in [1.82, 2.24) is 0 Å². The molecule has 0 fully saturated rings. The zero-order chi connectivity index (χ0) is 14.2. The van der Waals surface area contributed by atoms with Crippen LogP contribution in [-0.2, 0) is 14.2 Å². The summed E-state index contributed by atoms with van der Waals surface area (Å²) >= 11 is 0. The monoisotopic (exact) mass is 278 g/mol. The molecular formula is C15H18O5. The summed E-state index contributed by atoms with van der Waals surface area (Å²) in [6, 6.07) is 9.24. The zero-order valence-corrected chi connectivity index (χ0v) is 11.5. The molecule has 0 amide bonds. The number of ether oxygens (including phenoxy) is 3. The lowest BCUT2D eigenvalue weighted by atomic mass is 10.2. The van der Waals surface area contributed by atoms with Gasteiger partial charge in [-0.2, -0.15) is 0 Å². The minimum atomic E-state index is -0.168. The fourth-order valence-corrected chi connectivity index (χ4v) is 1.72. The van der Waals surface area contributed by atoms with Crippen LogP contribution in [0.5, 0.6) is 0 Å². The summed E-state index contributed by atoms with van der Waals surface area (Å²) in [7, 11) is 1.62. The molecule has 20 heavy (non-hydrogen) atoms. The van der Waals surface area contributed by atoms with Crippen LogP contribution >= 0.6 is 0 Å². The Morgan fingerprint density at radius 2 is 1.85 bits per heavy atom. The van der Waals surface area contributed by atoms with Crippen molar-refractivity contribution < 1.29 is 23.4 Å². The number of carbonyl (C=O) groups is 1. The standard InChI is InChI=1S/C15H18O5/c1-17-6-7-18-8-9-19-11-13(16)15-10-12-4-2-3-5-14(12)20-15/h2-5,10H,6-9,11H2,1H3. The number of para-hydroxylation sites is 1. The van der Waals surface area contributed by atoms with Gasteiger partial charge >= 0.3 is 0 Å². The van der Waals surface area contributed by atoms with Gasteiger partial charge < -0.3 is 18.6 Å². The molecule has 2 rings (SSSR count). The lowest BCUT2D eigenvalue weighted by molar-refractivity contribution is 0.0247. The fraction of sp³-hybridized carbons (Fsp3) is 0.400. The fourth-order valence-electron chi connectivity index (χ4n) is 1.72. The Hall–Kier alpha value is -1.69. The zero-order valence-electron chi connectivity index (χ0n) is 11.5. The van der Waals surface area contributed by atoms with E-state index in [4.69, 9.17) is 18.6 Å². The number of furan rings is 1. The molecule has 0 atom stereocenters. The van der Waals surface area contributed by atoms with E-state index in [0.29, 0.717) is 37.8 Å². The van der Waals surface area contributed by atoms with Gasteiger partial charge in [0.05, 0.1) is 26.4 Å². The van der Waals surface area contributed by atoms with E-state index in [2.05, 4.69) is 0 Å². The molecule has 0 unspecified atom stereocenters. The summed E-state index contributed by atoms with van der Waals surface area (Å²) in [4.78, 5) is 11.9. The van der Waals surface area contributed by atoms with Crippen LogP contribution in [0.4, 0.5) is 0 Å². The second-order valence-electron chi connectivity index (χ2n) is 4.23. The molecule has 0 aliphatic heterocycles. The summed E-state index contributed by atoms with van der Waals surface area (Å²) < 4.78 is 20.8. The number of hydrogen-bond donors (Lipinski definition) is 0. The van der Waals surface area contributed by atoms with E-state index in [9.17, 15) is 4.79 Å². The van der Waals surface area contributed by atoms with Crippen LogP contribution < -0.4 is 0 Å². The molecule has 1 aromatic heterocycles. The summed E-state index contributed by atoms with van der Waals surface area (Å²) in [6.45, 7) is 1.88. The van der Waals surface area contributed by atoms with Crippen LogP contribution in [0.2, 0.25) is 0 Å². The van der Waals surface area contributed by atoms with Gasteiger partial charge in [-0.25, -0.2) is 0 Å². The Morgan fingerprint density at radius 3 is 2.65 bits per heavy atom. The quantitative estimate of drug-likeness (QED) is 0.520. The van der Waals surface area contributed by atoms with Crippen LogP contribution in [0.1, 0.15) is 10.6 Å². The molecule has 0 saturated heterocycles. The first-order valence-corrected chi connectivity index (χ1v) is 6.47. The molecule has 0 saturated carbocycles. The predicted octanol–water partition coefficient (Wildman–Crippen LogP) is 2.30. The van der Waals surface area contributed by atoms with Gasteiger partial charge in [0.1, 0.15) is 12.2 Å². The highest BCUT2D eigenvalue weighted by atomic mass is 16.5. The van der Waals surface area contributed by atoms with Crippen molar-refractivity contribution in [2.75, 3.05) is 40.1 Å². The van der Waals surface area contributed by atoms with Crippen molar-refractivity contribution in [3.8, 4) is 0 Å². The molecular weight excluding hydrogens is 260 g/mol. The number of hydrogen-bond acceptors (Lipinski definition) is 5. The van der Waals surface area contributed by atoms with Gasteiger partial charge in [-0.3, -0.25) is 4.79 Å². The number of carbonyl (C=O) groups excluding carboxylic acids is 1. The van der Waals surface area contributed by atoms with Crippen molar-refractivity contribution in [3.05, 3.63) is 36.1 Å². The van der Waals surface area contributed by atoms with Gasteiger partial charge in [0.15, 0.2) is 5.76 Å². The molecule has 2 aromatic rings. The van der Waals surface area contributed by atoms with Crippen molar-refractivity contribution in [2.24, 2.45) is 0 Å². The molecule has 0 N–H and O–H groups in total. The third-order valence-electron chi connectivity index (χ3n) is 2.74. The molecule has 0 radical (unpaired) electrons. The maximum atomic E-state index is 11.9. The second-order valence-corrected chi connectivity index (χ2v) is 4.23. The number of fused-ring (bicyclic) bond motifs is 1. The highest BCUT2D eigenvalue weighted by Gasteiger charge is 2.11. The molecule has 5 heteroatoms. The molecule has 0 bridgehead atoms. The van der Waals surface area contributed by atoms with Gasteiger partial charge in [-0.05, 0) is 12.1 Å². The van der Waals surface area contributed by atoms with E-state index < -0.39 is 0 Å². The first-order chi connectivity index (χ1) is 9.81. The molecule has 1 heterocycles. The number of Topliss-reactive ketones (excluding diaryl/α,β-unsaturated/α-hetero) is 1. The molecule has 5 nitrogen and oxygen atoms in total. The molecule has 0 spiro atoms. The average Bonchev–Trinajstić information content (AvgIpc) is 2.90. The van der Waals surface area contributed by atoms with Crippen LogP contribution in [0.15, 0.2) is 34.7 Å². The van der Waals surface area contributed by atoms with Gasteiger partial charge in [-0.1, -0.05) is 18.2 Å². The smallest absolute Gasteiger partial charge is 0.223 e. The summed E-state index contributed by atoms with van der Waals surface area (Å²) in [6.07, 6.45) is 0. The van der Waals surface area contributed by atoms with Gasteiger partial charge in [0, 0.05) is 12.5 Å². The number of benzene rings is 1. The largest absolute Gasteiger partial charge is 0.453 e. The maximum absolute atomic E-state index is 11.9. The Balaban J connectivity index is 1.72. The highest BCUT2D eigenvalue weighted by Crippen LogP contribution is 2.19. The number of rotatable bonds is 9. The lowest BCUT2D eigenvalue weighted by Crippen LogP contribution is -2.13. The first-order valence-electron chi connectivity index (χ1n) is 6.47. The normalized spacial score (nSPS) is 11.1. The minimum Gasteiger partial charge on any atom is -0.453 e. The van der Waals surface area contributed by atoms with E-state index in [1.807, 2.05) is 24.3 Å². The molecule has 108 valence electrons. The lowest BCUT2D eigenvalue weighted by Gasteiger charge is -2.04. The van der Waals surface area contributed by atoms with E-state index in [1.165, 1.54) is 0 Å². The Bertz CT molecular complexity index is 513. The van der Waals surface area contributed by atoms with Crippen molar-refractivity contribution in [3.63, 3.8) is 0 Å². The van der Waals surface area contributed by atoms with Crippen molar-refractivity contribution >= 4 is 16.8 Å². The third kappa shape index (κ3) is 4.16. The number of methoxy groups -OCH3 is 1. The highest BCUT2D eigenvalue weighted by molar-refractivity contribution is 5.98. The van der Waals surface area contributed by atoms with Gasteiger partial charge in [-0.15, -0.1) is 0 Å². The van der Waals surface area contributed by atoms with E-state index in [1.54, 1.807) is 13.2 Å². The van der Waals surface area contributed by atoms with E-state index in [-0.39, 0.29) is 12.4 Å².